The van der Waals surface area contributed by atoms with Crippen molar-refractivity contribution in [1.29, 1.82) is 0 Å². The Hall–Kier alpha value is -0.120. The molecule has 0 radical (unpaired) electrons. The van der Waals surface area contributed by atoms with E-state index in [1.165, 1.54) is 0 Å². The number of fused-ring (bicyclic) bond motifs is 3. The molecule has 4 aliphatic carbocycles. The molecule has 0 aromatic rings. The van der Waals surface area contributed by atoms with Crippen LogP contribution in [0.1, 0.15) is 72.6 Å². The second kappa shape index (κ2) is 4.53. The molecule has 8 atom stereocenters. The highest BCUT2D eigenvalue weighted by molar-refractivity contribution is 5.18. The molecule has 1 spiro atoms. The molecule has 0 aromatic heterocycles. The third kappa shape index (κ3) is 2.05. The summed E-state index contributed by atoms with van der Waals surface area (Å²) in [6, 6.07) is 0. The largest absolute Gasteiger partial charge is 0.393 e. The van der Waals surface area contributed by atoms with Gasteiger partial charge in [-0.15, -0.1) is 0 Å². The van der Waals surface area contributed by atoms with E-state index >= 15 is 0 Å². The smallest absolute Gasteiger partial charge is 0.0653 e. The Morgan fingerprint density at radius 3 is 2.26 bits per heavy atom. The van der Waals surface area contributed by atoms with Crippen molar-refractivity contribution in [2.45, 2.75) is 90.4 Å². The highest BCUT2D eigenvalue weighted by atomic mass is 16.3. The predicted octanol–water partition coefficient (Wildman–Crippen LogP) is 3.11. The molecule has 2 bridgehead atoms. The van der Waals surface area contributed by atoms with Gasteiger partial charge in [0, 0.05) is 0 Å². The Labute approximate surface area is 140 Å². The number of aliphatic hydroxyl groups excluding tert-OH is 2. The molecule has 3 heteroatoms. The van der Waals surface area contributed by atoms with Gasteiger partial charge < -0.3 is 15.3 Å². The van der Waals surface area contributed by atoms with Crippen LogP contribution in [0.4, 0.5) is 0 Å². The van der Waals surface area contributed by atoms with E-state index in [0.717, 1.165) is 44.9 Å². The lowest BCUT2D eigenvalue weighted by Crippen LogP contribution is -2.63. The first kappa shape index (κ1) is 16.4. The standard InChI is InChI=1S/C20H34O3/c1-17(2)8-13(21)9-18(3)15-6-5-12-7-20(15,11-19(12,4)23)10-14(22)16(17)18/h12-16,21-23H,5-11H2,1-4H3/t12-,13+,14+,15-,16+,18-,19+,20+/m0/s1. The second-order valence-corrected chi connectivity index (χ2v) is 10.7. The molecule has 3 N–H and O–H groups in total. The Bertz CT molecular complexity index is 513. The van der Waals surface area contributed by atoms with Crippen molar-refractivity contribution >= 4 is 0 Å². The molecule has 0 saturated heterocycles. The zero-order chi connectivity index (χ0) is 16.8. The molecule has 0 unspecified atom stereocenters. The van der Waals surface area contributed by atoms with Gasteiger partial charge >= 0.3 is 0 Å². The summed E-state index contributed by atoms with van der Waals surface area (Å²) in [5, 5.41) is 32.6. The third-order valence-corrected chi connectivity index (χ3v) is 8.57. The van der Waals surface area contributed by atoms with Crippen molar-refractivity contribution < 1.29 is 15.3 Å². The molecule has 0 amide bonds. The zero-order valence-electron chi connectivity index (χ0n) is 15.2. The maximum absolute atomic E-state index is 11.2. The predicted molar refractivity (Wildman–Crippen MR) is 89.7 cm³/mol. The summed E-state index contributed by atoms with van der Waals surface area (Å²) in [6.45, 7) is 8.81. The van der Waals surface area contributed by atoms with Gasteiger partial charge in [0.25, 0.3) is 0 Å². The van der Waals surface area contributed by atoms with Crippen LogP contribution in [0.2, 0.25) is 0 Å². The zero-order valence-corrected chi connectivity index (χ0v) is 15.2. The topological polar surface area (TPSA) is 60.7 Å². The van der Waals surface area contributed by atoms with Crippen molar-refractivity contribution in [2.75, 3.05) is 0 Å². The van der Waals surface area contributed by atoms with Crippen molar-refractivity contribution in [1.82, 2.24) is 0 Å². The first-order chi connectivity index (χ1) is 10.5. The molecule has 0 aromatic carbocycles. The fourth-order valence-electron chi connectivity index (χ4n) is 8.51. The number of hydrogen-bond acceptors (Lipinski definition) is 3. The monoisotopic (exact) mass is 322 g/mol. The van der Waals surface area contributed by atoms with E-state index in [9.17, 15) is 15.3 Å². The number of hydrogen-bond donors (Lipinski definition) is 3. The lowest BCUT2D eigenvalue weighted by molar-refractivity contribution is -0.216. The van der Waals surface area contributed by atoms with Crippen LogP contribution in [-0.4, -0.2) is 33.1 Å². The molecule has 3 nitrogen and oxygen atoms in total. The molecule has 0 heterocycles. The highest BCUT2D eigenvalue weighted by Gasteiger charge is 2.69. The molecular weight excluding hydrogens is 288 g/mol. The van der Waals surface area contributed by atoms with Crippen molar-refractivity contribution in [3.63, 3.8) is 0 Å². The maximum atomic E-state index is 11.2. The molecule has 4 rings (SSSR count). The first-order valence-electron chi connectivity index (χ1n) is 9.59. The fourth-order valence-corrected chi connectivity index (χ4v) is 8.51. The highest BCUT2D eigenvalue weighted by Crippen LogP contribution is 2.72. The molecule has 0 aliphatic heterocycles. The average molecular weight is 322 g/mol. The summed E-state index contributed by atoms with van der Waals surface area (Å²) in [6.07, 6.45) is 6.08. The van der Waals surface area contributed by atoms with E-state index < -0.39 is 5.60 Å². The van der Waals surface area contributed by atoms with Crippen LogP contribution in [0.15, 0.2) is 0 Å². The Morgan fingerprint density at radius 1 is 0.870 bits per heavy atom. The Morgan fingerprint density at radius 2 is 1.57 bits per heavy atom. The first-order valence-corrected chi connectivity index (χ1v) is 9.59. The summed E-state index contributed by atoms with van der Waals surface area (Å²) in [5.74, 6) is 1.19. The molecule has 4 saturated carbocycles. The minimum atomic E-state index is -0.569. The summed E-state index contributed by atoms with van der Waals surface area (Å²) >= 11 is 0. The average Bonchev–Trinajstić information content (AvgIpc) is 2.51. The summed E-state index contributed by atoms with van der Waals surface area (Å²) < 4.78 is 0. The van der Waals surface area contributed by atoms with Gasteiger partial charge in [0.15, 0.2) is 0 Å². The molecule has 23 heavy (non-hydrogen) atoms. The quantitative estimate of drug-likeness (QED) is 0.642. The van der Waals surface area contributed by atoms with Gasteiger partial charge in [-0.05, 0) is 85.9 Å². The van der Waals surface area contributed by atoms with E-state index in [0.29, 0.717) is 11.8 Å². The maximum Gasteiger partial charge on any atom is 0.0653 e. The van der Waals surface area contributed by atoms with Gasteiger partial charge in [-0.3, -0.25) is 0 Å². The van der Waals surface area contributed by atoms with Crippen molar-refractivity contribution in [3.8, 4) is 0 Å². The number of rotatable bonds is 0. The lowest BCUT2D eigenvalue weighted by Gasteiger charge is -2.66. The van der Waals surface area contributed by atoms with E-state index in [4.69, 9.17) is 0 Å². The normalized spacial score (nSPS) is 60.9. The minimum Gasteiger partial charge on any atom is -0.393 e. The van der Waals surface area contributed by atoms with Crippen LogP contribution in [0.25, 0.3) is 0 Å². The summed E-state index contributed by atoms with van der Waals surface area (Å²) in [7, 11) is 0. The van der Waals surface area contributed by atoms with Gasteiger partial charge in [-0.2, -0.15) is 0 Å². The SMILES string of the molecule is CC1(C)C[C@@H](O)C[C@]2(C)[C@@H]1[C@H](O)C[C@@]13C[C@H](CC[C@H]12)[C@](C)(O)C3. The molecule has 4 fully saturated rings. The van der Waals surface area contributed by atoms with Crippen LogP contribution in [0, 0.1) is 34.0 Å². The van der Waals surface area contributed by atoms with E-state index in [1.54, 1.807) is 0 Å². The van der Waals surface area contributed by atoms with Crippen LogP contribution in [-0.2, 0) is 0 Å². The van der Waals surface area contributed by atoms with Gasteiger partial charge in [-0.1, -0.05) is 20.8 Å². The van der Waals surface area contributed by atoms with Crippen LogP contribution in [0.5, 0.6) is 0 Å². The third-order valence-electron chi connectivity index (χ3n) is 8.57. The van der Waals surface area contributed by atoms with Gasteiger partial charge in [0.1, 0.15) is 0 Å². The second-order valence-electron chi connectivity index (χ2n) is 10.7. The fraction of sp³-hybridized carbons (Fsp3) is 1.00. The van der Waals surface area contributed by atoms with E-state index in [2.05, 4.69) is 20.8 Å². The molecule has 132 valence electrons. The van der Waals surface area contributed by atoms with Gasteiger partial charge in [0.05, 0.1) is 17.8 Å². The summed E-state index contributed by atoms with van der Waals surface area (Å²) in [5.41, 5.74) is -0.514. The minimum absolute atomic E-state index is 0.00970. The summed E-state index contributed by atoms with van der Waals surface area (Å²) in [4.78, 5) is 0. The molecular formula is C20H34O3. The van der Waals surface area contributed by atoms with E-state index in [-0.39, 0.29) is 34.4 Å². The Balaban J connectivity index is 1.79. The number of aliphatic hydroxyl groups is 3. The van der Waals surface area contributed by atoms with Crippen molar-refractivity contribution in [3.05, 3.63) is 0 Å². The van der Waals surface area contributed by atoms with Crippen LogP contribution in [0.3, 0.4) is 0 Å². The van der Waals surface area contributed by atoms with Gasteiger partial charge in [0.2, 0.25) is 0 Å². The lowest BCUT2D eigenvalue weighted by atomic mass is 9.40. The Kier molecular flexibility index (Phi) is 3.22. The van der Waals surface area contributed by atoms with Gasteiger partial charge in [-0.25, -0.2) is 0 Å². The van der Waals surface area contributed by atoms with E-state index in [1.807, 2.05) is 6.92 Å². The van der Waals surface area contributed by atoms with Crippen LogP contribution < -0.4 is 0 Å². The van der Waals surface area contributed by atoms with Crippen LogP contribution >= 0.6 is 0 Å². The molecule has 4 aliphatic rings. The van der Waals surface area contributed by atoms with Crippen molar-refractivity contribution in [2.24, 2.45) is 34.0 Å².